The summed E-state index contributed by atoms with van der Waals surface area (Å²) in [5.41, 5.74) is 2.52. The molecular weight excluding hydrogens is 346 g/mol. The Morgan fingerprint density at radius 3 is 2.48 bits per heavy atom. The minimum Gasteiger partial charge on any atom is -0.355 e. The van der Waals surface area contributed by atoms with Crippen LogP contribution in [0.3, 0.4) is 0 Å². The molecule has 0 unspecified atom stereocenters. The molecule has 0 aliphatic heterocycles. The zero-order valence-corrected chi connectivity index (χ0v) is 15.4. The Morgan fingerprint density at radius 2 is 1.78 bits per heavy atom. The molecule has 5 heteroatoms. The van der Waals surface area contributed by atoms with Crippen molar-refractivity contribution in [3.05, 3.63) is 64.7 Å². The third-order valence-electron chi connectivity index (χ3n) is 3.13. The molecule has 0 saturated heterocycles. The Hall–Kier alpha value is -1.10. The number of benzene rings is 2. The third-order valence-corrected chi connectivity index (χ3v) is 5.40. The fourth-order valence-electron chi connectivity index (χ4n) is 1.89. The normalized spacial score (nSPS) is 10.5. The van der Waals surface area contributed by atoms with E-state index >= 15 is 0 Å². The molecule has 0 atom stereocenters. The predicted octanol–water partition coefficient (Wildman–Crippen LogP) is 4.79. The molecule has 2 nitrogen and oxygen atoms in total. The molecule has 0 saturated carbocycles. The SMILES string of the molecule is Cc1ccc(CSCC(=O)NCCSc2ccc(Cl)cc2)cc1. The largest absolute Gasteiger partial charge is 0.355 e. The van der Waals surface area contributed by atoms with E-state index in [0.717, 1.165) is 21.4 Å². The first-order valence-corrected chi connectivity index (χ1v) is 9.93. The fraction of sp³-hybridized carbons (Fsp3) is 0.278. The van der Waals surface area contributed by atoms with Crippen LogP contribution in [0.25, 0.3) is 0 Å². The lowest BCUT2D eigenvalue weighted by molar-refractivity contribution is -0.118. The van der Waals surface area contributed by atoms with Crippen molar-refractivity contribution in [1.82, 2.24) is 5.32 Å². The zero-order valence-electron chi connectivity index (χ0n) is 13.0. The second kappa shape index (κ2) is 9.91. The number of nitrogens with one attached hydrogen (secondary N) is 1. The number of amides is 1. The lowest BCUT2D eigenvalue weighted by Gasteiger charge is -2.06. The molecule has 23 heavy (non-hydrogen) atoms. The highest BCUT2D eigenvalue weighted by Crippen LogP contribution is 2.19. The molecule has 2 rings (SSSR count). The molecule has 122 valence electrons. The maximum atomic E-state index is 11.8. The Morgan fingerprint density at radius 1 is 1.09 bits per heavy atom. The van der Waals surface area contributed by atoms with Crippen LogP contribution in [-0.4, -0.2) is 24.0 Å². The summed E-state index contributed by atoms with van der Waals surface area (Å²) in [5, 5.41) is 3.70. The highest BCUT2D eigenvalue weighted by Gasteiger charge is 2.02. The van der Waals surface area contributed by atoms with Crippen LogP contribution in [0, 0.1) is 6.92 Å². The van der Waals surface area contributed by atoms with Gasteiger partial charge in [0.1, 0.15) is 0 Å². The van der Waals surface area contributed by atoms with E-state index in [1.54, 1.807) is 23.5 Å². The number of hydrogen-bond acceptors (Lipinski definition) is 3. The number of hydrogen-bond donors (Lipinski definition) is 1. The molecule has 1 N–H and O–H groups in total. The zero-order chi connectivity index (χ0) is 16.5. The summed E-state index contributed by atoms with van der Waals surface area (Å²) in [6, 6.07) is 16.2. The first-order valence-electron chi connectivity index (χ1n) is 7.42. The van der Waals surface area contributed by atoms with Crippen molar-refractivity contribution in [3.63, 3.8) is 0 Å². The van der Waals surface area contributed by atoms with E-state index in [-0.39, 0.29) is 5.91 Å². The molecular formula is C18H20ClNOS2. The summed E-state index contributed by atoms with van der Waals surface area (Å²) >= 11 is 9.20. The van der Waals surface area contributed by atoms with Gasteiger partial charge < -0.3 is 5.32 Å². The molecule has 2 aromatic carbocycles. The number of thioether (sulfide) groups is 2. The molecule has 0 bridgehead atoms. The van der Waals surface area contributed by atoms with Gasteiger partial charge in [0.15, 0.2) is 0 Å². The predicted molar refractivity (Wildman–Crippen MR) is 103 cm³/mol. The van der Waals surface area contributed by atoms with Gasteiger partial charge in [-0.3, -0.25) is 4.79 Å². The standard InChI is InChI=1S/C18H20ClNOS2/c1-14-2-4-15(5-3-14)12-22-13-18(21)20-10-11-23-17-8-6-16(19)7-9-17/h2-9H,10-13H2,1H3,(H,20,21). The van der Waals surface area contributed by atoms with Crippen LogP contribution in [0.5, 0.6) is 0 Å². The topological polar surface area (TPSA) is 29.1 Å². The fourth-order valence-corrected chi connectivity index (χ4v) is 3.60. The molecule has 0 fully saturated rings. The van der Waals surface area contributed by atoms with E-state index in [0.29, 0.717) is 12.3 Å². The summed E-state index contributed by atoms with van der Waals surface area (Å²) in [6.45, 7) is 2.75. The number of rotatable bonds is 8. The van der Waals surface area contributed by atoms with Gasteiger partial charge in [-0.1, -0.05) is 41.4 Å². The second-order valence-corrected chi connectivity index (χ2v) is 7.72. The second-order valence-electron chi connectivity index (χ2n) is 5.13. The van der Waals surface area contributed by atoms with Crippen LogP contribution in [0.4, 0.5) is 0 Å². The lowest BCUT2D eigenvalue weighted by atomic mass is 10.2. The quantitative estimate of drug-likeness (QED) is 0.538. The molecule has 0 spiro atoms. The molecule has 0 aliphatic rings. The Bertz CT molecular complexity index is 614. The van der Waals surface area contributed by atoms with Gasteiger partial charge in [0.05, 0.1) is 5.75 Å². The first kappa shape index (κ1) is 18.2. The van der Waals surface area contributed by atoms with Crippen LogP contribution in [-0.2, 0) is 10.5 Å². The van der Waals surface area contributed by atoms with Gasteiger partial charge in [-0.15, -0.1) is 23.5 Å². The molecule has 2 aromatic rings. The summed E-state index contributed by atoms with van der Waals surface area (Å²) in [6.07, 6.45) is 0. The Kier molecular flexibility index (Phi) is 7.86. The maximum absolute atomic E-state index is 11.8. The summed E-state index contributed by atoms with van der Waals surface area (Å²) < 4.78 is 0. The van der Waals surface area contributed by atoms with E-state index in [4.69, 9.17) is 11.6 Å². The van der Waals surface area contributed by atoms with Crippen molar-refractivity contribution in [2.24, 2.45) is 0 Å². The smallest absolute Gasteiger partial charge is 0.230 e. The average Bonchev–Trinajstić information content (AvgIpc) is 2.55. The van der Waals surface area contributed by atoms with Gasteiger partial charge in [-0.05, 0) is 36.8 Å². The number of aryl methyl sites for hydroxylation is 1. The monoisotopic (exact) mass is 365 g/mol. The first-order chi connectivity index (χ1) is 11.1. The van der Waals surface area contributed by atoms with Crippen LogP contribution < -0.4 is 5.32 Å². The van der Waals surface area contributed by atoms with E-state index < -0.39 is 0 Å². The van der Waals surface area contributed by atoms with Crippen LogP contribution in [0.2, 0.25) is 5.02 Å². The van der Waals surface area contributed by atoms with Crippen LogP contribution >= 0.6 is 35.1 Å². The minimum atomic E-state index is 0.0961. The molecule has 0 radical (unpaired) electrons. The molecule has 1 amide bonds. The van der Waals surface area contributed by atoms with Crippen LogP contribution in [0.1, 0.15) is 11.1 Å². The van der Waals surface area contributed by atoms with Crippen molar-refractivity contribution in [1.29, 1.82) is 0 Å². The number of carbonyl (C=O) groups is 1. The van der Waals surface area contributed by atoms with Crippen molar-refractivity contribution in [2.75, 3.05) is 18.1 Å². The maximum Gasteiger partial charge on any atom is 0.230 e. The van der Waals surface area contributed by atoms with Gasteiger partial charge in [0.25, 0.3) is 0 Å². The minimum absolute atomic E-state index is 0.0961. The van der Waals surface area contributed by atoms with Crippen LogP contribution in [0.15, 0.2) is 53.4 Å². The summed E-state index contributed by atoms with van der Waals surface area (Å²) in [4.78, 5) is 12.9. The van der Waals surface area contributed by atoms with Gasteiger partial charge in [-0.25, -0.2) is 0 Å². The summed E-state index contributed by atoms with van der Waals surface area (Å²) in [5.74, 6) is 2.32. The molecule has 0 aliphatic carbocycles. The Balaban J connectivity index is 1.56. The van der Waals surface area contributed by atoms with E-state index in [1.807, 2.05) is 24.3 Å². The highest BCUT2D eigenvalue weighted by molar-refractivity contribution is 7.99. The number of carbonyl (C=O) groups excluding carboxylic acids is 1. The van der Waals surface area contributed by atoms with E-state index in [9.17, 15) is 4.79 Å². The van der Waals surface area contributed by atoms with E-state index in [2.05, 4.69) is 36.5 Å². The van der Waals surface area contributed by atoms with Crippen molar-refractivity contribution < 1.29 is 4.79 Å². The van der Waals surface area contributed by atoms with Crippen molar-refractivity contribution >= 4 is 41.0 Å². The summed E-state index contributed by atoms with van der Waals surface area (Å²) in [7, 11) is 0. The molecule has 0 aromatic heterocycles. The van der Waals surface area contributed by atoms with Gasteiger partial charge >= 0.3 is 0 Å². The third kappa shape index (κ3) is 7.34. The van der Waals surface area contributed by atoms with E-state index in [1.165, 1.54) is 11.1 Å². The van der Waals surface area contributed by atoms with Crippen molar-refractivity contribution in [2.45, 2.75) is 17.6 Å². The number of halogens is 1. The van der Waals surface area contributed by atoms with Gasteiger partial charge in [0, 0.05) is 28.0 Å². The molecule has 0 heterocycles. The lowest BCUT2D eigenvalue weighted by Crippen LogP contribution is -2.27. The highest BCUT2D eigenvalue weighted by atomic mass is 35.5. The average molecular weight is 366 g/mol. The van der Waals surface area contributed by atoms with Gasteiger partial charge in [0.2, 0.25) is 5.91 Å². The van der Waals surface area contributed by atoms with Crippen molar-refractivity contribution in [3.8, 4) is 0 Å². The van der Waals surface area contributed by atoms with Gasteiger partial charge in [-0.2, -0.15) is 0 Å². The Labute approximate surface area is 151 Å².